The molecule has 0 saturated heterocycles. The molecule has 0 aliphatic carbocycles. The summed E-state index contributed by atoms with van der Waals surface area (Å²) in [6.45, 7) is 0.528. The average Bonchev–Trinajstić information content (AvgIpc) is 3.05. The lowest BCUT2D eigenvalue weighted by Gasteiger charge is -2.31. The number of methoxy groups -OCH3 is 3. The second kappa shape index (κ2) is 14.4. The maximum atomic E-state index is 13.3. The summed E-state index contributed by atoms with van der Waals surface area (Å²) in [5.41, 5.74) is 3.75. The van der Waals surface area contributed by atoms with Crippen LogP contribution in [-0.2, 0) is 33.8 Å². The van der Waals surface area contributed by atoms with E-state index in [2.05, 4.69) is 0 Å². The van der Waals surface area contributed by atoms with Gasteiger partial charge in [-0.25, -0.2) is 14.4 Å². The van der Waals surface area contributed by atoms with Crippen molar-refractivity contribution in [3.05, 3.63) is 126 Å². The lowest BCUT2D eigenvalue weighted by Crippen LogP contribution is -2.36. The van der Waals surface area contributed by atoms with Gasteiger partial charge in [0.1, 0.15) is 0 Å². The van der Waals surface area contributed by atoms with E-state index >= 15 is 0 Å². The molecule has 4 aromatic carbocycles. The molecule has 4 aromatic rings. The molecule has 0 N–H and O–H groups in total. The molecule has 3 amide bonds. The van der Waals surface area contributed by atoms with E-state index in [1.807, 2.05) is 91.0 Å². The number of hydrogen-bond donors (Lipinski definition) is 0. The number of rotatable bonds is 9. The molecule has 0 saturated carbocycles. The van der Waals surface area contributed by atoms with Crippen LogP contribution in [0.1, 0.15) is 16.7 Å². The van der Waals surface area contributed by atoms with Gasteiger partial charge < -0.3 is 14.2 Å². The molecular weight excluding hydrogens is 534 g/mol. The van der Waals surface area contributed by atoms with Gasteiger partial charge in [-0.15, -0.1) is 0 Å². The monoisotopic (exact) mass is 567 g/mol. The van der Waals surface area contributed by atoms with E-state index in [-0.39, 0.29) is 19.6 Å². The summed E-state index contributed by atoms with van der Waals surface area (Å²) in [6.07, 6.45) is -1.85. The maximum Gasteiger partial charge on any atom is 0.414 e. The van der Waals surface area contributed by atoms with E-state index in [4.69, 9.17) is 14.2 Å². The van der Waals surface area contributed by atoms with Gasteiger partial charge >= 0.3 is 18.3 Å². The smallest absolute Gasteiger partial charge is 0.414 e. The number of anilines is 3. The molecule has 9 heteroatoms. The van der Waals surface area contributed by atoms with Gasteiger partial charge in [-0.3, -0.25) is 14.7 Å². The number of ether oxygens (including phenoxy) is 3. The largest absolute Gasteiger partial charge is 0.452 e. The minimum Gasteiger partial charge on any atom is -0.452 e. The highest BCUT2D eigenvalue weighted by atomic mass is 16.5. The summed E-state index contributed by atoms with van der Waals surface area (Å²) in [6, 6.07) is 33.4. The van der Waals surface area contributed by atoms with Gasteiger partial charge in [0.15, 0.2) is 0 Å². The standard InChI is InChI=1S/C33H33N3O6/c1-40-31(37)34(22-25-13-7-4-8-14-25)28-19-20-29(35(32(38)41-2)23-26-15-9-5-10-16-26)30(21-28)36(33(39)42-3)24-27-17-11-6-12-18-27/h4-21H,22-24H2,1-3H3. The van der Waals surface area contributed by atoms with Crippen LogP contribution in [0.3, 0.4) is 0 Å². The van der Waals surface area contributed by atoms with Crippen molar-refractivity contribution in [2.24, 2.45) is 0 Å². The Bertz CT molecular complexity index is 1480. The van der Waals surface area contributed by atoms with Crippen LogP contribution in [0.15, 0.2) is 109 Å². The van der Waals surface area contributed by atoms with E-state index < -0.39 is 18.3 Å². The van der Waals surface area contributed by atoms with E-state index in [0.29, 0.717) is 17.1 Å². The summed E-state index contributed by atoms with van der Waals surface area (Å²) in [5.74, 6) is 0. The molecule has 42 heavy (non-hydrogen) atoms. The van der Waals surface area contributed by atoms with Crippen LogP contribution in [-0.4, -0.2) is 39.6 Å². The fourth-order valence-electron chi connectivity index (χ4n) is 4.51. The first kappa shape index (κ1) is 29.7. The van der Waals surface area contributed by atoms with Crippen LogP contribution in [0.5, 0.6) is 0 Å². The van der Waals surface area contributed by atoms with Gasteiger partial charge in [0.25, 0.3) is 0 Å². The number of carbonyl (C=O) groups excluding carboxylic acids is 3. The van der Waals surface area contributed by atoms with Crippen LogP contribution < -0.4 is 14.7 Å². The molecular formula is C33H33N3O6. The second-order valence-electron chi connectivity index (χ2n) is 9.30. The number of amides is 3. The van der Waals surface area contributed by atoms with Crippen LogP contribution in [0, 0.1) is 0 Å². The SMILES string of the molecule is COC(=O)N(Cc1ccccc1)c1ccc(N(Cc2ccccc2)C(=O)OC)c(N(Cc2ccccc2)C(=O)OC)c1. The Balaban J connectivity index is 1.89. The van der Waals surface area contributed by atoms with Crippen LogP contribution in [0.2, 0.25) is 0 Å². The molecule has 216 valence electrons. The summed E-state index contributed by atoms with van der Waals surface area (Å²) < 4.78 is 15.5. The molecule has 0 atom stereocenters. The molecule has 0 spiro atoms. The molecule has 4 rings (SSSR count). The Hall–Kier alpha value is -5.31. The van der Waals surface area contributed by atoms with Crippen LogP contribution in [0.25, 0.3) is 0 Å². The lowest BCUT2D eigenvalue weighted by molar-refractivity contribution is 0.176. The van der Waals surface area contributed by atoms with Crippen molar-refractivity contribution in [2.45, 2.75) is 19.6 Å². The molecule has 0 fully saturated rings. The van der Waals surface area contributed by atoms with Gasteiger partial charge in [-0.1, -0.05) is 91.0 Å². The van der Waals surface area contributed by atoms with Crippen molar-refractivity contribution < 1.29 is 28.6 Å². The Labute approximate surface area is 245 Å². The van der Waals surface area contributed by atoms with Gasteiger partial charge in [0.2, 0.25) is 0 Å². The molecule has 0 aliphatic rings. The first-order valence-corrected chi connectivity index (χ1v) is 13.3. The van der Waals surface area contributed by atoms with Gasteiger partial charge in [0.05, 0.1) is 52.3 Å². The van der Waals surface area contributed by atoms with Crippen molar-refractivity contribution in [1.82, 2.24) is 0 Å². The quantitative estimate of drug-likeness (QED) is 0.202. The first-order valence-electron chi connectivity index (χ1n) is 13.3. The van der Waals surface area contributed by atoms with Crippen molar-refractivity contribution in [3.8, 4) is 0 Å². The molecule has 0 unspecified atom stereocenters. The Morgan fingerprint density at radius 1 is 0.476 bits per heavy atom. The molecule has 0 aliphatic heterocycles. The fraction of sp³-hybridized carbons (Fsp3) is 0.182. The van der Waals surface area contributed by atoms with E-state index in [0.717, 1.165) is 16.7 Å². The number of carbonyl (C=O) groups is 3. The summed E-state index contributed by atoms with van der Waals surface area (Å²) in [5, 5.41) is 0. The van der Waals surface area contributed by atoms with Gasteiger partial charge in [0, 0.05) is 5.69 Å². The Morgan fingerprint density at radius 2 is 0.833 bits per heavy atom. The van der Waals surface area contributed by atoms with E-state index in [1.165, 1.54) is 36.0 Å². The molecule has 0 aromatic heterocycles. The fourth-order valence-corrected chi connectivity index (χ4v) is 4.51. The Morgan fingerprint density at radius 3 is 1.24 bits per heavy atom. The van der Waals surface area contributed by atoms with Crippen molar-refractivity contribution >= 4 is 35.3 Å². The van der Waals surface area contributed by atoms with Crippen molar-refractivity contribution in [2.75, 3.05) is 36.0 Å². The highest BCUT2D eigenvalue weighted by Gasteiger charge is 2.28. The number of hydrogen-bond acceptors (Lipinski definition) is 6. The predicted molar refractivity (Wildman–Crippen MR) is 162 cm³/mol. The zero-order valence-electron chi connectivity index (χ0n) is 23.8. The summed E-state index contributed by atoms with van der Waals surface area (Å²) in [4.78, 5) is 43.8. The zero-order chi connectivity index (χ0) is 29.9. The van der Waals surface area contributed by atoms with Gasteiger partial charge in [-0.05, 0) is 34.9 Å². The third-order valence-electron chi connectivity index (χ3n) is 6.59. The van der Waals surface area contributed by atoms with Crippen LogP contribution >= 0.6 is 0 Å². The van der Waals surface area contributed by atoms with Crippen molar-refractivity contribution in [3.63, 3.8) is 0 Å². The van der Waals surface area contributed by atoms with E-state index in [1.54, 1.807) is 18.2 Å². The highest BCUT2D eigenvalue weighted by molar-refractivity contribution is 6.00. The summed E-state index contributed by atoms with van der Waals surface area (Å²) in [7, 11) is 3.90. The normalized spacial score (nSPS) is 10.4. The third kappa shape index (κ3) is 7.25. The third-order valence-corrected chi connectivity index (χ3v) is 6.59. The minimum atomic E-state index is -0.644. The van der Waals surface area contributed by atoms with Gasteiger partial charge in [-0.2, -0.15) is 0 Å². The molecule has 9 nitrogen and oxygen atoms in total. The maximum absolute atomic E-state index is 13.3. The molecule has 0 radical (unpaired) electrons. The summed E-state index contributed by atoms with van der Waals surface area (Å²) >= 11 is 0. The van der Waals surface area contributed by atoms with E-state index in [9.17, 15) is 14.4 Å². The van der Waals surface area contributed by atoms with Crippen LogP contribution in [0.4, 0.5) is 31.4 Å². The Kier molecular flexibility index (Phi) is 10.1. The molecule has 0 bridgehead atoms. The first-order chi connectivity index (χ1) is 20.4. The highest BCUT2D eigenvalue weighted by Crippen LogP contribution is 2.37. The number of benzene rings is 4. The zero-order valence-corrected chi connectivity index (χ0v) is 23.8. The topological polar surface area (TPSA) is 88.6 Å². The average molecular weight is 568 g/mol. The lowest BCUT2D eigenvalue weighted by atomic mass is 10.1. The van der Waals surface area contributed by atoms with Crippen molar-refractivity contribution in [1.29, 1.82) is 0 Å². The minimum absolute atomic E-state index is 0.140. The second-order valence-corrected chi connectivity index (χ2v) is 9.30. The predicted octanol–water partition coefficient (Wildman–Crippen LogP) is 7.01. The number of nitrogens with zero attached hydrogens (tertiary/aromatic N) is 3. The molecule has 0 heterocycles.